The minimum absolute atomic E-state index is 0.301. The van der Waals surface area contributed by atoms with Crippen molar-refractivity contribution in [2.75, 3.05) is 7.11 Å². The molecule has 1 aromatic carbocycles. The number of hydrogen-bond acceptors (Lipinski definition) is 2. The van der Waals surface area contributed by atoms with Crippen molar-refractivity contribution in [3.8, 4) is 5.75 Å². The number of hydrogen-bond donors (Lipinski definition) is 1. The van der Waals surface area contributed by atoms with E-state index in [0.717, 1.165) is 29.7 Å². The topological polar surface area (TPSA) is 29.5 Å². The minimum atomic E-state index is -0.301. The molecule has 0 saturated heterocycles. The molecule has 2 rings (SSSR count). The molecule has 1 aliphatic rings. The van der Waals surface area contributed by atoms with E-state index in [4.69, 9.17) is 4.74 Å². The lowest BCUT2D eigenvalue weighted by Gasteiger charge is -2.12. The zero-order valence-corrected chi connectivity index (χ0v) is 8.66. The Kier molecular flexibility index (Phi) is 2.46. The molecule has 0 aromatic heterocycles. The van der Waals surface area contributed by atoms with Gasteiger partial charge in [-0.3, -0.25) is 0 Å². The summed E-state index contributed by atoms with van der Waals surface area (Å²) in [6.45, 7) is 2.01. The lowest BCUT2D eigenvalue weighted by molar-refractivity contribution is 0.153. The smallest absolute Gasteiger partial charge is 0.122 e. The van der Waals surface area contributed by atoms with E-state index in [2.05, 4.69) is 0 Å². The molecule has 0 heterocycles. The summed E-state index contributed by atoms with van der Waals surface area (Å²) in [6, 6.07) is 5.93. The van der Waals surface area contributed by atoms with Gasteiger partial charge in [0.25, 0.3) is 0 Å². The molecule has 1 N–H and O–H groups in total. The minimum Gasteiger partial charge on any atom is -0.496 e. The Morgan fingerprint density at radius 3 is 2.71 bits per heavy atom. The lowest BCUT2D eigenvalue weighted by Crippen LogP contribution is -2.00. The summed E-state index contributed by atoms with van der Waals surface area (Å²) in [5.41, 5.74) is 2.09. The Hall–Kier alpha value is -1.02. The molecule has 0 bridgehead atoms. The first-order chi connectivity index (χ1) is 6.72. The van der Waals surface area contributed by atoms with Crippen LogP contribution in [0.25, 0.3) is 0 Å². The van der Waals surface area contributed by atoms with Crippen LogP contribution in [0.1, 0.15) is 30.1 Å². The van der Waals surface area contributed by atoms with Crippen molar-refractivity contribution >= 4 is 0 Å². The highest BCUT2D eigenvalue weighted by Crippen LogP contribution is 2.41. The van der Waals surface area contributed by atoms with Crippen LogP contribution in [-0.2, 0) is 0 Å². The third-order valence-corrected chi connectivity index (χ3v) is 2.84. The Labute approximate surface area is 84.5 Å². The van der Waals surface area contributed by atoms with E-state index in [-0.39, 0.29) is 6.10 Å². The Morgan fingerprint density at radius 1 is 1.43 bits per heavy atom. The summed E-state index contributed by atoms with van der Waals surface area (Å²) < 4.78 is 5.22. The molecule has 1 fully saturated rings. The van der Waals surface area contributed by atoms with Crippen molar-refractivity contribution in [3.05, 3.63) is 29.3 Å². The average Bonchev–Trinajstić information content (AvgIpc) is 3.01. The van der Waals surface area contributed by atoms with Crippen LogP contribution in [0.2, 0.25) is 0 Å². The SMILES string of the molecule is COc1cc(C(O)C2CC2)ccc1C. The molecule has 2 nitrogen and oxygen atoms in total. The maximum atomic E-state index is 9.92. The number of aliphatic hydroxyl groups excluding tert-OH is 1. The number of rotatable bonds is 3. The van der Waals surface area contributed by atoms with E-state index >= 15 is 0 Å². The monoisotopic (exact) mass is 192 g/mol. The van der Waals surface area contributed by atoms with Crippen molar-refractivity contribution in [2.24, 2.45) is 5.92 Å². The molecule has 1 saturated carbocycles. The van der Waals surface area contributed by atoms with Gasteiger partial charge in [-0.15, -0.1) is 0 Å². The van der Waals surface area contributed by atoms with Crippen LogP contribution >= 0.6 is 0 Å². The van der Waals surface area contributed by atoms with E-state index < -0.39 is 0 Å². The van der Waals surface area contributed by atoms with E-state index in [9.17, 15) is 5.11 Å². The third-order valence-electron chi connectivity index (χ3n) is 2.84. The number of aliphatic hydroxyl groups is 1. The Balaban J connectivity index is 2.25. The first-order valence-corrected chi connectivity index (χ1v) is 5.05. The van der Waals surface area contributed by atoms with Gasteiger partial charge in [0.05, 0.1) is 13.2 Å². The fourth-order valence-electron chi connectivity index (χ4n) is 1.70. The van der Waals surface area contributed by atoms with Crippen LogP contribution in [-0.4, -0.2) is 12.2 Å². The molecule has 1 unspecified atom stereocenters. The van der Waals surface area contributed by atoms with E-state index in [1.54, 1.807) is 7.11 Å². The number of ether oxygens (including phenoxy) is 1. The fraction of sp³-hybridized carbons (Fsp3) is 0.500. The number of benzene rings is 1. The molecule has 1 aromatic rings. The van der Waals surface area contributed by atoms with Gasteiger partial charge in [0.15, 0.2) is 0 Å². The van der Waals surface area contributed by atoms with Gasteiger partial charge in [0.1, 0.15) is 5.75 Å². The summed E-state index contributed by atoms with van der Waals surface area (Å²) >= 11 is 0. The predicted molar refractivity (Wildman–Crippen MR) is 55.4 cm³/mol. The molecule has 14 heavy (non-hydrogen) atoms. The molecule has 0 amide bonds. The van der Waals surface area contributed by atoms with Crippen LogP contribution in [0.4, 0.5) is 0 Å². The highest BCUT2D eigenvalue weighted by Gasteiger charge is 2.30. The quantitative estimate of drug-likeness (QED) is 0.797. The van der Waals surface area contributed by atoms with E-state index in [1.165, 1.54) is 0 Å². The zero-order chi connectivity index (χ0) is 10.1. The van der Waals surface area contributed by atoms with Crippen molar-refractivity contribution in [3.63, 3.8) is 0 Å². The average molecular weight is 192 g/mol. The van der Waals surface area contributed by atoms with Gasteiger partial charge < -0.3 is 9.84 Å². The van der Waals surface area contributed by atoms with Gasteiger partial charge in [-0.2, -0.15) is 0 Å². The van der Waals surface area contributed by atoms with Gasteiger partial charge in [-0.1, -0.05) is 12.1 Å². The second-order valence-electron chi connectivity index (χ2n) is 4.01. The van der Waals surface area contributed by atoms with Gasteiger partial charge in [-0.25, -0.2) is 0 Å². The molecule has 0 radical (unpaired) electrons. The molecule has 1 aliphatic carbocycles. The first kappa shape index (κ1) is 9.53. The van der Waals surface area contributed by atoms with Crippen molar-refractivity contribution < 1.29 is 9.84 Å². The van der Waals surface area contributed by atoms with Crippen LogP contribution in [0.3, 0.4) is 0 Å². The molecule has 76 valence electrons. The standard InChI is InChI=1S/C12H16O2/c1-8-3-4-10(7-11(8)14-2)12(13)9-5-6-9/h3-4,7,9,12-13H,5-6H2,1-2H3. The Bertz CT molecular complexity index is 329. The van der Waals surface area contributed by atoms with E-state index in [1.807, 2.05) is 25.1 Å². The molecule has 0 aliphatic heterocycles. The second-order valence-corrected chi connectivity index (χ2v) is 4.01. The van der Waals surface area contributed by atoms with Crippen molar-refractivity contribution in [1.29, 1.82) is 0 Å². The van der Waals surface area contributed by atoms with Gasteiger partial charge in [0.2, 0.25) is 0 Å². The summed E-state index contributed by atoms with van der Waals surface area (Å²) in [6.07, 6.45) is 2.00. The second kappa shape index (κ2) is 3.62. The maximum Gasteiger partial charge on any atom is 0.122 e. The van der Waals surface area contributed by atoms with Crippen molar-refractivity contribution in [2.45, 2.75) is 25.9 Å². The van der Waals surface area contributed by atoms with Crippen LogP contribution < -0.4 is 4.74 Å². The van der Waals surface area contributed by atoms with Crippen molar-refractivity contribution in [1.82, 2.24) is 0 Å². The molecular weight excluding hydrogens is 176 g/mol. The van der Waals surface area contributed by atoms with Crippen LogP contribution in [0.5, 0.6) is 5.75 Å². The van der Waals surface area contributed by atoms with Crippen LogP contribution in [0, 0.1) is 12.8 Å². The molecule has 0 spiro atoms. The zero-order valence-electron chi connectivity index (χ0n) is 8.66. The Morgan fingerprint density at radius 2 is 2.14 bits per heavy atom. The van der Waals surface area contributed by atoms with Gasteiger partial charge in [-0.05, 0) is 42.9 Å². The number of methoxy groups -OCH3 is 1. The molecule has 2 heteroatoms. The van der Waals surface area contributed by atoms with Gasteiger partial charge in [0, 0.05) is 0 Å². The van der Waals surface area contributed by atoms with E-state index in [0.29, 0.717) is 5.92 Å². The number of aryl methyl sites for hydroxylation is 1. The summed E-state index contributed by atoms with van der Waals surface area (Å²) in [4.78, 5) is 0. The normalized spacial score (nSPS) is 17.9. The highest BCUT2D eigenvalue weighted by atomic mass is 16.5. The fourth-order valence-corrected chi connectivity index (χ4v) is 1.70. The summed E-state index contributed by atoms with van der Waals surface area (Å²) in [5.74, 6) is 1.34. The molecular formula is C12H16O2. The summed E-state index contributed by atoms with van der Waals surface area (Å²) in [5, 5.41) is 9.92. The van der Waals surface area contributed by atoms with Gasteiger partial charge >= 0.3 is 0 Å². The largest absolute Gasteiger partial charge is 0.496 e. The maximum absolute atomic E-state index is 9.92. The third kappa shape index (κ3) is 1.75. The predicted octanol–water partition coefficient (Wildman–Crippen LogP) is 2.45. The summed E-state index contributed by atoms with van der Waals surface area (Å²) in [7, 11) is 1.66. The van der Waals surface area contributed by atoms with Crippen LogP contribution in [0.15, 0.2) is 18.2 Å². The lowest BCUT2D eigenvalue weighted by atomic mass is 10.0. The molecule has 1 atom stereocenters. The highest BCUT2D eigenvalue weighted by molar-refractivity contribution is 5.37. The first-order valence-electron chi connectivity index (χ1n) is 5.05.